The summed E-state index contributed by atoms with van der Waals surface area (Å²) in [5.41, 5.74) is 3.73. The highest BCUT2D eigenvalue weighted by Gasteiger charge is 2.36. The van der Waals surface area contributed by atoms with E-state index in [-0.39, 0.29) is 24.0 Å². The predicted molar refractivity (Wildman–Crippen MR) is 111 cm³/mol. The van der Waals surface area contributed by atoms with Crippen LogP contribution in [0.25, 0.3) is 11.3 Å². The van der Waals surface area contributed by atoms with E-state index in [1.54, 1.807) is 35.4 Å². The highest BCUT2D eigenvalue weighted by atomic mass is 16.6. The number of cyclic esters (lactones) is 1. The van der Waals surface area contributed by atoms with Gasteiger partial charge in [-0.15, -0.1) is 0 Å². The molecule has 1 fully saturated rings. The molecule has 7 nitrogen and oxygen atoms in total. The lowest BCUT2D eigenvalue weighted by Gasteiger charge is -2.24. The summed E-state index contributed by atoms with van der Waals surface area (Å²) in [7, 11) is 0. The Balaban J connectivity index is 1.49. The first kappa shape index (κ1) is 18.7. The van der Waals surface area contributed by atoms with Gasteiger partial charge in [-0.1, -0.05) is 26.0 Å². The molecule has 1 aliphatic heterocycles. The molecule has 7 heteroatoms. The smallest absolute Gasteiger partial charge is 0.414 e. The van der Waals surface area contributed by atoms with Crippen molar-refractivity contribution in [3.8, 4) is 11.3 Å². The van der Waals surface area contributed by atoms with Crippen molar-refractivity contribution in [1.29, 1.82) is 0 Å². The molecule has 1 atom stereocenters. The SMILES string of the molecule is CC(C)C1COC(=O)N1c1ccc(C(=O)Nc2cccc(-c3ccn[nH]3)c2)cc1. The Bertz CT molecular complexity index is 1010. The van der Waals surface area contributed by atoms with Gasteiger partial charge >= 0.3 is 6.09 Å². The lowest BCUT2D eigenvalue weighted by Crippen LogP contribution is -2.37. The number of H-pyrrole nitrogens is 1. The van der Waals surface area contributed by atoms with Crippen LogP contribution in [0.2, 0.25) is 0 Å². The molecule has 2 aromatic carbocycles. The maximum Gasteiger partial charge on any atom is 0.414 e. The van der Waals surface area contributed by atoms with Crippen molar-refractivity contribution in [3.05, 3.63) is 66.4 Å². The van der Waals surface area contributed by atoms with E-state index in [2.05, 4.69) is 29.4 Å². The molecule has 0 radical (unpaired) electrons. The number of aromatic nitrogens is 2. The molecule has 1 unspecified atom stereocenters. The molecular weight excluding hydrogens is 368 g/mol. The number of carbonyl (C=O) groups is 2. The second-order valence-corrected chi connectivity index (χ2v) is 7.31. The number of hydrogen-bond donors (Lipinski definition) is 2. The van der Waals surface area contributed by atoms with Crippen molar-refractivity contribution in [1.82, 2.24) is 10.2 Å². The van der Waals surface area contributed by atoms with Gasteiger partial charge in [0.05, 0.1) is 11.7 Å². The molecular formula is C22H22N4O3. The number of hydrogen-bond acceptors (Lipinski definition) is 4. The van der Waals surface area contributed by atoms with Crippen molar-refractivity contribution in [3.63, 3.8) is 0 Å². The summed E-state index contributed by atoms with van der Waals surface area (Å²) < 4.78 is 5.19. The maximum atomic E-state index is 12.6. The zero-order valence-electron chi connectivity index (χ0n) is 16.3. The molecule has 29 heavy (non-hydrogen) atoms. The normalized spacial score (nSPS) is 16.2. The van der Waals surface area contributed by atoms with Crippen LogP contribution in [0.15, 0.2) is 60.8 Å². The van der Waals surface area contributed by atoms with Crippen LogP contribution in [0.3, 0.4) is 0 Å². The van der Waals surface area contributed by atoms with Gasteiger partial charge in [-0.2, -0.15) is 5.10 Å². The molecule has 2 amide bonds. The Morgan fingerprint density at radius 2 is 2.00 bits per heavy atom. The molecule has 0 saturated carbocycles. The molecule has 148 valence electrons. The third-order valence-corrected chi connectivity index (χ3v) is 5.02. The van der Waals surface area contributed by atoms with Crippen LogP contribution in [0, 0.1) is 5.92 Å². The van der Waals surface area contributed by atoms with Gasteiger partial charge in [0, 0.05) is 28.7 Å². The number of rotatable bonds is 5. The first-order valence-electron chi connectivity index (χ1n) is 9.50. The Labute approximate surface area is 168 Å². The monoisotopic (exact) mass is 390 g/mol. The van der Waals surface area contributed by atoms with Crippen molar-refractivity contribution >= 4 is 23.4 Å². The zero-order chi connectivity index (χ0) is 20.4. The van der Waals surface area contributed by atoms with E-state index < -0.39 is 0 Å². The highest BCUT2D eigenvalue weighted by Crippen LogP contribution is 2.27. The minimum absolute atomic E-state index is 0.00704. The van der Waals surface area contributed by atoms with Crippen molar-refractivity contribution in [2.75, 3.05) is 16.8 Å². The fourth-order valence-corrected chi connectivity index (χ4v) is 3.38. The van der Waals surface area contributed by atoms with Crippen LogP contribution in [-0.2, 0) is 4.74 Å². The number of anilines is 2. The lowest BCUT2D eigenvalue weighted by molar-refractivity contribution is 0.102. The van der Waals surface area contributed by atoms with Crippen LogP contribution >= 0.6 is 0 Å². The summed E-state index contributed by atoms with van der Waals surface area (Å²) in [6.07, 6.45) is 1.33. The van der Waals surface area contributed by atoms with Crippen LogP contribution in [0.1, 0.15) is 24.2 Å². The Morgan fingerprint density at radius 3 is 2.69 bits per heavy atom. The standard InChI is InChI=1S/C22H22N4O3/c1-14(2)20-13-29-22(28)26(20)18-8-6-15(7-9-18)21(27)24-17-5-3-4-16(12-17)19-10-11-23-25-19/h3-12,14,20H,13H2,1-2H3,(H,23,25)(H,24,27). The average molecular weight is 390 g/mol. The van der Waals surface area contributed by atoms with Gasteiger partial charge in [-0.05, 0) is 48.4 Å². The fourth-order valence-electron chi connectivity index (χ4n) is 3.38. The molecule has 2 heterocycles. The van der Waals surface area contributed by atoms with E-state index in [0.717, 1.165) is 16.9 Å². The summed E-state index contributed by atoms with van der Waals surface area (Å²) in [4.78, 5) is 26.4. The number of ether oxygens (including phenoxy) is 1. The van der Waals surface area contributed by atoms with Crippen molar-refractivity contribution in [2.24, 2.45) is 5.92 Å². The number of amides is 2. The summed E-state index contributed by atoms with van der Waals surface area (Å²) in [6, 6.07) is 16.4. The summed E-state index contributed by atoms with van der Waals surface area (Å²) in [5.74, 6) is 0.0503. The minimum Gasteiger partial charge on any atom is -0.447 e. The quantitative estimate of drug-likeness (QED) is 0.680. The third kappa shape index (κ3) is 3.85. The number of benzene rings is 2. The first-order valence-corrected chi connectivity index (χ1v) is 9.50. The number of aromatic amines is 1. The van der Waals surface area contributed by atoms with Crippen LogP contribution in [0.4, 0.5) is 16.2 Å². The van der Waals surface area contributed by atoms with Gasteiger partial charge in [0.1, 0.15) is 6.61 Å². The number of nitrogens with one attached hydrogen (secondary N) is 2. The van der Waals surface area contributed by atoms with E-state index >= 15 is 0 Å². The zero-order valence-corrected chi connectivity index (χ0v) is 16.3. The molecule has 1 saturated heterocycles. The molecule has 0 bridgehead atoms. The minimum atomic E-state index is -0.350. The maximum absolute atomic E-state index is 12.6. The topological polar surface area (TPSA) is 87.3 Å². The van der Waals surface area contributed by atoms with E-state index in [1.165, 1.54) is 0 Å². The van der Waals surface area contributed by atoms with Gasteiger partial charge in [0.15, 0.2) is 0 Å². The predicted octanol–water partition coefficient (Wildman–Crippen LogP) is 4.31. The molecule has 4 rings (SSSR count). The molecule has 3 aromatic rings. The van der Waals surface area contributed by atoms with E-state index in [4.69, 9.17) is 4.74 Å². The van der Waals surface area contributed by atoms with Gasteiger partial charge in [0.2, 0.25) is 0 Å². The van der Waals surface area contributed by atoms with Crippen LogP contribution in [0.5, 0.6) is 0 Å². The van der Waals surface area contributed by atoms with Crippen molar-refractivity contribution < 1.29 is 14.3 Å². The Kier molecular flexibility index (Phi) is 5.03. The van der Waals surface area contributed by atoms with Gasteiger partial charge in [-0.3, -0.25) is 14.8 Å². The Hall–Kier alpha value is -3.61. The summed E-state index contributed by atoms with van der Waals surface area (Å²) >= 11 is 0. The van der Waals surface area contributed by atoms with Gasteiger partial charge in [0.25, 0.3) is 5.91 Å². The molecule has 0 spiro atoms. The number of nitrogens with zero attached hydrogens (tertiary/aromatic N) is 2. The van der Waals surface area contributed by atoms with E-state index in [9.17, 15) is 9.59 Å². The van der Waals surface area contributed by atoms with E-state index in [0.29, 0.717) is 17.9 Å². The summed E-state index contributed by atoms with van der Waals surface area (Å²) in [5, 5.41) is 9.77. The van der Waals surface area contributed by atoms with Gasteiger partial charge < -0.3 is 10.1 Å². The van der Waals surface area contributed by atoms with Crippen LogP contribution < -0.4 is 10.2 Å². The van der Waals surface area contributed by atoms with E-state index in [1.807, 2.05) is 30.3 Å². The second-order valence-electron chi connectivity index (χ2n) is 7.31. The average Bonchev–Trinajstić information content (AvgIpc) is 3.38. The summed E-state index contributed by atoms with van der Waals surface area (Å²) in [6.45, 7) is 4.49. The van der Waals surface area contributed by atoms with Crippen molar-refractivity contribution in [2.45, 2.75) is 19.9 Å². The highest BCUT2D eigenvalue weighted by molar-refractivity contribution is 6.05. The lowest BCUT2D eigenvalue weighted by atomic mass is 10.0. The fraction of sp³-hybridized carbons (Fsp3) is 0.227. The third-order valence-electron chi connectivity index (χ3n) is 5.02. The van der Waals surface area contributed by atoms with Gasteiger partial charge in [-0.25, -0.2) is 4.79 Å². The molecule has 1 aromatic heterocycles. The molecule has 0 aliphatic carbocycles. The molecule has 1 aliphatic rings. The first-order chi connectivity index (χ1) is 14.0. The van der Waals surface area contributed by atoms with Crippen LogP contribution in [-0.4, -0.2) is 34.8 Å². The Morgan fingerprint density at radius 1 is 1.21 bits per heavy atom. The molecule has 2 N–H and O–H groups in total. The largest absolute Gasteiger partial charge is 0.447 e. The second kappa shape index (κ2) is 7.79. The number of carbonyl (C=O) groups excluding carboxylic acids is 2.